The summed E-state index contributed by atoms with van der Waals surface area (Å²) in [6.45, 7) is 7.02. The lowest BCUT2D eigenvalue weighted by atomic mass is 10.1. The highest BCUT2D eigenvalue weighted by Crippen LogP contribution is 2.23. The van der Waals surface area contributed by atoms with E-state index < -0.39 is 0 Å². The summed E-state index contributed by atoms with van der Waals surface area (Å²) in [5.41, 5.74) is 4.25. The smallest absolute Gasteiger partial charge is 0.168 e. The molecule has 5 nitrogen and oxygen atoms in total. The van der Waals surface area contributed by atoms with Gasteiger partial charge in [0.15, 0.2) is 5.65 Å². The van der Waals surface area contributed by atoms with Crippen LogP contribution < -0.4 is 5.32 Å². The summed E-state index contributed by atoms with van der Waals surface area (Å²) in [5.74, 6) is 0.828. The van der Waals surface area contributed by atoms with Crippen LogP contribution in [-0.2, 0) is 0 Å². The molecule has 0 aliphatic carbocycles. The van der Waals surface area contributed by atoms with E-state index in [9.17, 15) is 0 Å². The average molecular weight is 267 g/mol. The fraction of sp³-hybridized carbons (Fsp3) is 0.267. The third kappa shape index (κ3) is 2.01. The van der Waals surface area contributed by atoms with Crippen LogP contribution in [0, 0.1) is 13.8 Å². The van der Waals surface area contributed by atoms with Crippen LogP contribution in [0.1, 0.15) is 18.1 Å². The zero-order valence-electron chi connectivity index (χ0n) is 11.9. The predicted molar refractivity (Wildman–Crippen MR) is 80.3 cm³/mol. The molecule has 0 radical (unpaired) electrons. The molecule has 20 heavy (non-hydrogen) atoms. The van der Waals surface area contributed by atoms with Gasteiger partial charge >= 0.3 is 0 Å². The highest BCUT2D eigenvalue weighted by atomic mass is 15.3. The van der Waals surface area contributed by atoms with Crippen molar-refractivity contribution in [3.8, 4) is 5.69 Å². The van der Waals surface area contributed by atoms with E-state index >= 15 is 0 Å². The standard InChI is InChI=1S/C15H17N5/c1-4-16-14-12-8-19-20(15(12)18-9-17-14)13-7-10(2)5-6-11(13)3/h5-9H,4H2,1-3H3,(H,16,17,18). The Bertz CT molecular complexity index is 760. The molecule has 0 bridgehead atoms. The second-order valence-electron chi connectivity index (χ2n) is 4.84. The van der Waals surface area contributed by atoms with Crippen LogP contribution in [0.5, 0.6) is 0 Å². The molecular weight excluding hydrogens is 250 g/mol. The molecule has 0 saturated heterocycles. The van der Waals surface area contributed by atoms with Crippen LogP contribution in [0.2, 0.25) is 0 Å². The molecule has 2 aromatic heterocycles. The minimum Gasteiger partial charge on any atom is -0.370 e. The average Bonchev–Trinajstić information content (AvgIpc) is 2.87. The van der Waals surface area contributed by atoms with Gasteiger partial charge in [-0.25, -0.2) is 14.6 Å². The van der Waals surface area contributed by atoms with Gasteiger partial charge in [-0.15, -0.1) is 0 Å². The molecule has 5 heteroatoms. The molecule has 0 amide bonds. The van der Waals surface area contributed by atoms with Gasteiger partial charge in [-0.3, -0.25) is 0 Å². The number of rotatable bonds is 3. The maximum Gasteiger partial charge on any atom is 0.168 e. The number of aryl methyl sites for hydroxylation is 2. The van der Waals surface area contributed by atoms with Gasteiger partial charge in [0.05, 0.1) is 17.3 Å². The van der Waals surface area contributed by atoms with Gasteiger partial charge in [0.1, 0.15) is 12.1 Å². The Hall–Kier alpha value is -2.43. The first-order valence-electron chi connectivity index (χ1n) is 6.71. The highest BCUT2D eigenvalue weighted by Gasteiger charge is 2.12. The molecule has 0 saturated carbocycles. The third-order valence-electron chi connectivity index (χ3n) is 3.30. The van der Waals surface area contributed by atoms with Gasteiger partial charge in [-0.05, 0) is 38.0 Å². The molecule has 0 spiro atoms. The van der Waals surface area contributed by atoms with Gasteiger partial charge in [0, 0.05) is 6.54 Å². The zero-order valence-corrected chi connectivity index (χ0v) is 11.9. The normalized spacial score (nSPS) is 10.9. The fourth-order valence-corrected chi connectivity index (χ4v) is 2.28. The second kappa shape index (κ2) is 4.92. The minimum absolute atomic E-state index is 0.820. The minimum atomic E-state index is 0.820. The van der Waals surface area contributed by atoms with Crippen molar-refractivity contribution < 1.29 is 0 Å². The Morgan fingerprint density at radius 1 is 1.20 bits per heavy atom. The number of benzene rings is 1. The van der Waals surface area contributed by atoms with E-state index in [1.807, 2.05) is 17.8 Å². The van der Waals surface area contributed by atoms with E-state index in [1.54, 1.807) is 6.33 Å². The molecule has 102 valence electrons. The molecule has 0 unspecified atom stereocenters. The van der Waals surface area contributed by atoms with Crippen LogP contribution in [0.4, 0.5) is 5.82 Å². The molecule has 0 fully saturated rings. The van der Waals surface area contributed by atoms with Crippen molar-refractivity contribution in [2.24, 2.45) is 0 Å². The van der Waals surface area contributed by atoms with Crippen molar-refractivity contribution in [2.45, 2.75) is 20.8 Å². The van der Waals surface area contributed by atoms with Crippen LogP contribution in [0.15, 0.2) is 30.7 Å². The van der Waals surface area contributed by atoms with Gasteiger partial charge in [-0.1, -0.05) is 12.1 Å². The van der Waals surface area contributed by atoms with Crippen molar-refractivity contribution in [3.05, 3.63) is 41.9 Å². The summed E-state index contributed by atoms with van der Waals surface area (Å²) in [4.78, 5) is 8.65. The first-order valence-corrected chi connectivity index (χ1v) is 6.71. The molecular formula is C15H17N5. The Labute approximate surface area is 117 Å². The summed E-state index contributed by atoms with van der Waals surface area (Å²) in [5, 5.41) is 8.66. The number of hydrogen-bond acceptors (Lipinski definition) is 4. The number of nitrogens with zero attached hydrogens (tertiary/aromatic N) is 4. The van der Waals surface area contributed by atoms with Crippen LogP contribution in [-0.4, -0.2) is 26.3 Å². The highest BCUT2D eigenvalue weighted by molar-refractivity contribution is 5.87. The van der Waals surface area contributed by atoms with Crippen molar-refractivity contribution in [1.82, 2.24) is 19.7 Å². The van der Waals surface area contributed by atoms with Gasteiger partial charge in [0.2, 0.25) is 0 Å². The van der Waals surface area contributed by atoms with E-state index in [-0.39, 0.29) is 0 Å². The van der Waals surface area contributed by atoms with E-state index in [0.29, 0.717) is 0 Å². The lowest BCUT2D eigenvalue weighted by Gasteiger charge is -2.08. The Morgan fingerprint density at radius 3 is 2.85 bits per heavy atom. The maximum absolute atomic E-state index is 4.48. The van der Waals surface area contributed by atoms with Crippen molar-refractivity contribution in [2.75, 3.05) is 11.9 Å². The summed E-state index contributed by atoms with van der Waals surface area (Å²) >= 11 is 0. The first-order chi connectivity index (χ1) is 9.70. The summed E-state index contributed by atoms with van der Waals surface area (Å²) in [6.07, 6.45) is 3.39. The van der Waals surface area contributed by atoms with Crippen LogP contribution in [0.3, 0.4) is 0 Å². The predicted octanol–water partition coefficient (Wildman–Crippen LogP) is 2.86. The first kappa shape index (κ1) is 12.6. The second-order valence-corrected chi connectivity index (χ2v) is 4.84. The lowest BCUT2D eigenvalue weighted by molar-refractivity contribution is 0.885. The SMILES string of the molecule is CCNc1ncnc2c1cnn2-c1cc(C)ccc1C. The summed E-state index contributed by atoms with van der Waals surface area (Å²) < 4.78 is 1.88. The Balaban J connectivity index is 2.22. The monoisotopic (exact) mass is 267 g/mol. The number of hydrogen-bond donors (Lipinski definition) is 1. The van der Waals surface area contributed by atoms with E-state index in [4.69, 9.17) is 0 Å². The van der Waals surface area contributed by atoms with Crippen LogP contribution >= 0.6 is 0 Å². The lowest BCUT2D eigenvalue weighted by Crippen LogP contribution is -2.03. The number of anilines is 1. The van der Waals surface area contributed by atoms with Gasteiger partial charge in [-0.2, -0.15) is 5.10 Å². The van der Waals surface area contributed by atoms with E-state index in [1.165, 1.54) is 11.1 Å². The maximum atomic E-state index is 4.48. The van der Waals surface area contributed by atoms with Crippen molar-refractivity contribution in [1.29, 1.82) is 0 Å². The molecule has 3 aromatic rings. The largest absolute Gasteiger partial charge is 0.370 e. The molecule has 1 aromatic carbocycles. The number of nitrogens with one attached hydrogen (secondary N) is 1. The summed E-state index contributed by atoms with van der Waals surface area (Å²) in [6, 6.07) is 6.32. The van der Waals surface area contributed by atoms with Crippen molar-refractivity contribution in [3.63, 3.8) is 0 Å². The van der Waals surface area contributed by atoms with Gasteiger partial charge < -0.3 is 5.32 Å². The van der Waals surface area contributed by atoms with E-state index in [0.717, 1.165) is 29.1 Å². The van der Waals surface area contributed by atoms with Crippen LogP contribution in [0.25, 0.3) is 16.7 Å². The topological polar surface area (TPSA) is 55.6 Å². The summed E-state index contributed by atoms with van der Waals surface area (Å²) in [7, 11) is 0. The molecule has 2 heterocycles. The number of aromatic nitrogens is 4. The quantitative estimate of drug-likeness (QED) is 0.792. The Morgan fingerprint density at radius 2 is 2.05 bits per heavy atom. The Kier molecular flexibility index (Phi) is 3.10. The molecule has 0 atom stereocenters. The molecule has 3 rings (SSSR count). The molecule has 0 aliphatic rings. The van der Waals surface area contributed by atoms with E-state index in [2.05, 4.69) is 52.4 Å². The fourth-order valence-electron chi connectivity index (χ4n) is 2.28. The number of fused-ring (bicyclic) bond motifs is 1. The van der Waals surface area contributed by atoms with Gasteiger partial charge in [0.25, 0.3) is 0 Å². The third-order valence-corrected chi connectivity index (χ3v) is 3.30. The zero-order chi connectivity index (χ0) is 14.1. The van der Waals surface area contributed by atoms with Crippen molar-refractivity contribution >= 4 is 16.9 Å². The molecule has 1 N–H and O–H groups in total. The molecule has 0 aliphatic heterocycles.